The fourth-order valence-electron chi connectivity index (χ4n) is 3.02. The minimum atomic E-state index is -3.02. The predicted molar refractivity (Wildman–Crippen MR) is 128 cm³/mol. The number of hydrogen-bond acceptors (Lipinski definition) is 7. The third kappa shape index (κ3) is 6.05. The Balaban J connectivity index is 1.81. The average Bonchev–Trinajstić information content (AvgIpc) is 3.45. The van der Waals surface area contributed by atoms with Gasteiger partial charge in [-0.05, 0) is 22.9 Å². The van der Waals surface area contributed by atoms with E-state index in [4.69, 9.17) is 4.98 Å². The van der Waals surface area contributed by atoms with Crippen LogP contribution in [-0.4, -0.2) is 43.9 Å². The molecule has 0 saturated carbocycles. The molecule has 2 amide bonds. The van der Waals surface area contributed by atoms with E-state index in [-0.39, 0.29) is 6.54 Å². The first kappa shape index (κ1) is 23.2. The zero-order valence-corrected chi connectivity index (χ0v) is 20.2. The summed E-state index contributed by atoms with van der Waals surface area (Å²) in [5, 5.41) is 7.16. The van der Waals surface area contributed by atoms with Crippen molar-refractivity contribution >= 4 is 44.7 Å². The molecule has 2 heterocycles. The zero-order chi connectivity index (χ0) is 22.4. The summed E-state index contributed by atoms with van der Waals surface area (Å²) in [4.78, 5) is 19.8. The van der Waals surface area contributed by atoms with E-state index >= 15 is 0 Å². The maximum atomic E-state index is 11.9. The Hall–Kier alpha value is -2.43. The molecule has 166 valence electrons. The Morgan fingerprint density at radius 1 is 1.13 bits per heavy atom. The van der Waals surface area contributed by atoms with Gasteiger partial charge in [-0.25, -0.2) is 22.5 Å². The smallest absolute Gasteiger partial charge is 0.330 e. The lowest BCUT2D eigenvalue weighted by Gasteiger charge is -2.24. The van der Waals surface area contributed by atoms with E-state index in [1.54, 1.807) is 11.3 Å². The number of rotatable bonds is 9. The van der Waals surface area contributed by atoms with Crippen LogP contribution in [0.1, 0.15) is 30.2 Å². The minimum Gasteiger partial charge on any atom is -0.341 e. The zero-order valence-electron chi connectivity index (χ0n) is 17.6. The number of urea groups is 1. The van der Waals surface area contributed by atoms with Crippen molar-refractivity contribution in [2.45, 2.75) is 26.3 Å². The molecule has 0 spiro atoms. The molecule has 1 N–H and O–H groups in total. The van der Waals surface area contributed by atoms with Crippen molar-refractivity contribution < 1.29 is 13.2 Å². The fraction of sp³-hybridized carbons (Fsp3) is 0.333. The fourth-order valence-corrected chi connectivity index (χ4v) is 5.10. The second-order valence-corrected chi connectivity index (χ2v) is 10.0. The van der Waals surface area contributed by atoms with Gasteiger partial charge in [0.05, 0.1) is 18.8 Å². The highest BCUT2D eigenvalue weighted by molar-refractivity contribution is 7.70. The van der Waals surface area contributed by atoms with Crippen molar-refractivity contribution in [2.75, 3.05) is 25.0 Å². The summed E-state index contributed by atoms with van der Waals surface area (Å²) >= 11 is 3.14. The molecule has 7 nitrogen and oxygen atoms in total. The van der Waals surface area contributed by atoms with Crippen LogP contribution in [0.3, 0.4) is 0 Å². The van der Waals surface area contributed by atoms with Crippen LogP contribution in [0.2, 0.25) is 0 Å². The van der Waals surface area contributed by atoms with E-state index in [9.17, 15) is 13.2 Å². The molecule has 0 saturated heterocycles. The van der Waals surface area contributed by atoms with Crippen LogP contribution in [0.15, 0.2) is 47.2 Å². The number of hydrogen-bond donors (Lipinski definition) is 2. The van der Waals surface area contributed by atoms with Crippen molar-refractivity contribution in [1.29, 1.82) is 0 Å². The molecule has 0 bridgehead atoms. The van der Waals surface area contributed by atoms with Crippen LogP contribution in [0, 0.1) is 0 Å². The molecule has 0 radical (unpaired) electrons. The number of thiophene rings is 1. The van der Waals surface area contributed by atoms with Crippen molar-refractivity contribution in [1.82, 2.24) is 14.6 Å². The molecule has 0 aliphatic carbocycles. The number of benzene rings is 1. The summed E-state index contributed by atoms with van der Waals surface area (Å²) in [6, 6.07) is 11.8. The second-order valence-electron chi connectivity index (χ2n) is 7.21. The number of thiol groups is 1. The van der Waals surface area contributed by atoms with Gasteiger partial charge in [0.25, 0.3) is 0 Å². The third-order valence-electron chi connectivity index (χ3n) is 4.79. The Kier molecular flexibility index (Phi) is 8.05. The minimum absolute atomic E-state index is 0.0434. The monoisotopic (exact) mass is 478 g/mol. The van der Waals surface area contributed by atoms with Crippen LogP contribution in [-0.2, 0) is 17.4 Å². The lowest BCUT2D eigenvalue weighted by molar-refractivity contribution is 0.226. The molecule has 0 atom stereocenters. The van der Waals surface area contributed by atoms with E-state index < -0.39 is 16.9 Å². The van der Waals surface area contributed by atoms with E-state index in [0.29, 0.717) is 19.0 Å². The first-order valence-electron chi connectivity index (χ1n) is 9.85. The van der Waals surface area contributed by atoms with Gasteiger partial charge in [0, 0.05) is 29.4 Å². The van der Waals surface area contributed by atoms with E-state index in [1.807, 2.05) is 27.8 Å². The van der Waals surface area contributed by atoms with Gasteiger partial charge in [-0.2, -0.15) is 0 Å². The van der Waals surface area contributed by atoms with Crippen LogP contribution in [0.4, 0.5) is 9.93 Å². The number of nitrogens with zero attached hydrogens (tertiary/aromatic N) is 3. The van der Waals surface area contributed by atoms with Gasteiger partial charge in [-0.15, -0.1) is 22.7 Å². The highest BCUT2D eigenvalue weighted by Crippen LogP contribution is 2.30. The Labute approximate surface area is 192 Å². The molecule has 31 heavy (non-hydrogen) atoms. The number of carbonyl (C=O) groups excluding carboxylic acids is 1. The molecule has 0 unspecified atom stereocenters. The van der Waals surface area contributed by atoms with Gasteiger partial charge in [0.1, 0.15) is 0 Å². The van der Waals surface area contributed by atoms with E-state index in [0.717, 1.165) is 25.6 Å². The summed E-state index contributed by atoms with van der Waals surface area (Å²) < 4.78 is 23.8. The van der Waals surface area contributed by atoms with Gasteiger partial charge >= 0.3 is 6.03 Å². The predicted octanol–water partition coefficient (Wildman–Crippen LogP) is 4.17. The maximum absolute atomic E-state index is 11.9. The van der Waals surface area contributed by atoms with E-state index in [2.05, 4.69) is 43.4 Å². The first-order chi connectivity index (χ1) is 14.9. The van der Waals surface area contributed by atoms with Crippen LogP contribution < -0.4 is 10.2 Å². The number of carbonyl (C=O) groups is 1. The van der Waals surface area contributed by atoms with Gasteiger partial charge in [-0.3, -0.25) is 0 Å². The molecule has 2 aromatic heterocycles. The molecule has 0 fully saturated rings. The van der Waals surface area contributed by atoms with Crippen molar-refractivity contribution in [2.24, 2.45) is 0 Å². The molecular formula is C21H26N4O3S3. The molecule has 0 aliphatic heterocycles. The number of aromatic nitrogens is 1. The largest absolute Gasteiger partial charge is 0.341 e. The molecular weight excluding hydrogens is 452 g/mol. The molecule has 1 aromatic carbocycles. The third-order valence-corrected chi connectivity index (χ3v) is 7.33. The lowest BCUT2D eigenvalue weighted by atomic mass is 10.0. The number of amides is 2. The summed E-state index contributed by atoms with van der Waals surface area (Å²) in [6.45, 7) is 5.30. The van der Waals surface area contributed by atoms with Crippen molar-refractivity contribution in [3.8, 4) is 11.3 Å². The lowest BCUT2D eigenvalue weighted by Crippen LogP contribution is -2.41. The van der Waals surface area contributed by atoms with Crippen molar-refractivity contribution in [3.63, 3.8) is 0 Å². The summed E-state index contributed by atoms with van der Waals surface area (Å²) in [5.74, 6) is 0.470. The highest BCUT2D eigenvalue weighted by atomic mass is 32.2. The topological polar surface area (TPSA) is 82.6 Å². The molecule has 0 aliphatic rings. The highest BCUT2D eigenvalue weighted by Gasteiger charge is 2.19. The summed E-state index contributed by atoms with van der Waals surface area (Å²) in [5.41, 5.74) is 3.20. The summed E-state index contributed by atoms with van der Waals surface area (Å²) in [6.07, 6.45) is 0. The SMILES string of the molecule is CNC(=O)N(CCN(Cc1cccs1)c1nc(-c2ccc(C(C)C)cc2)cs1)[SH](=O)=O. The van der Waals surface area contributed by atoms with Crippen LogP contribution >= 0.6 is 22.7 Å². The first-order valence-corrected chi connectivity index (χ1v) is 12.7. The summed E-state index contributed by atoms with van der Waals surface area (Å²) in [7, 11) is -1.61. The van der Waals surface area contributed by atoms with Crippen LogP contribution in [0.5, 0.6) is 0 Å². The van der Waals surface area contributed by atoms with Crippen LogP contribution in [0.25, 0.3) is 11.3 Å². The van der Waals surface area contributed by atoms with Gasteiger partial charge in [-0.1, -0.05) is 44.2 Å². The number of nitrogens with one attached hydrogen (secondary N) is 1. The van der Waals surface area contributed by atoms with E-state index in [1.165, 1.54) is 23.9 Å². The molecule has 3 aromatic rings. The number of thiazole rings is 1. The number of anilines is 1. The standard InChI is InChI=1S/C21H26N4O3S3/c1-15(2)16-6-8-17(9-7-16)19-14-30-21(23-19)24(13-18-5-4-12-29-18)10-11-25(31(27)28)20(26)22-3/h4-9,12,14-15,31H,10-11,13H2,1-3H3,(H,22,26). The van der Waals surface area contributed by atoms with Gasteiger partial charge in [0.15, 0.2) is 5.13 Å². The molecule has 3 rings (SSSR count). The quantitative estimate of drug-likeness (QED) is 0.451. The maximum Gasteiger partial charge on any atom is 0.330 e. The second kappa shape index (κ2) is 10.7. The average molecular weight is 479 g/mol. The Morgan fingerprint density at radius 2 is 1.87 bits per heavy atom. The van der Waals surface area contributed by atoms with Gasteiger partial charge in [0.2, 0.25) is 10.9 Å². The Morgan fingerprint density at radius 3 is 2.45 bits per heavy atom. The van der Waals surface area contributed by atoms with Crippen molar-refractivity contribution in [3.05, 3.63) is 57.6 Å². The van der Waals surface area contributed by atoms with Gasteiger partial charge < -0.3 is 10.2 Å². The Bertz CT molecular complexity index is 1050. The normalized spacial score (nSPS) is 11.1. The molecule has 10 heteroatoms.